The molecule has 0 radical (unpaired) electrons. The molecule has 0 spiro atoms. The third kappa shape index (κ3) is 4.99. The first-order chi connectivity index (χ1) is 11.9. The first-order valence-electron chi connectivity index (χ1n) is 7.56. The fraction of sp³-hybridized carbons (Fsp3) is 0.353. The maximum Gasteiger partial charge on any atom is 0.293 e. The summed E-state index contributed by atoms with van der Waals surface area (Å²) in [6.07, 6.45) is 0.0938. The standard InChI is InChI=1S/C17H18F3N3O2/c1-11(9-25-10-24)23(2)8-13-6-21-7-16(22-13)12-3-4-15(18)14(5-12)17(19)20/h3-7,10-11,17H,8-9H2,1-2H3. The quantitative estimate of drug-likeness (QED) is 0.682. The van der Waals surface area contributed by atoms with Gasteiger partial charge in [-0.3, -0.25) is 14.7 Å². The Hall–Kier alpha value is -2.48. The fourth-order valence-electron chi connectivity index (χ4n) is 2.21. The summed E-state index contributed by atoms with van der Waals surface area (Å²) in [6.45, 7) is 2.94. The highest BCUT2D eigenvalue weighted by molar-refractivity contribution is 5.59. The number of carbonyl (C=O) groups is 1. The van der Waals surface area contributed by atoms with Crippen LogP contribution in [0.25, 0.3) is 11.3 Å². The molecule has 5 nitrogen and oxygen atoms in total. The molecule has 0 saturated heterocycles. The molecule has 0 aliphatic heterocycles. The lowest BCUT2D eigenvalue weighted by atomic mass is 10.1. The van der Waals surface area contributed by atoms with Crippen LogP contribution < -0.4 is 0 Å². The molecule has 8 heteroatoms. The van der Waals surface area contributed by atoms with Crippen molar-refractivity contribution in [1.29, 1.82) is 0 Å². The van der Waals surface area contributed by atoms with E-state index >= 15 is 0 Å². The summed E-state index contributed by atoms with van der Waals surface area (Å²) >= 11 is 0. The minimum Gasteiger partial charge on any atom is -0.466 e. The van der Waals surface area contributed by atoms with Gasteiger partial charge in [-0.1, -0.05) is 0 Å². The maximum atomic E-state index is 13.4. The highest BCUT2D eigenvalue weighted by atomic mass is 19.3. The predicted molar refractivity (Wildman–Crippen MR) is 85.3 cm³/mol. The Bertz CT molecular complexity index is 728. The number of benzene rings is 1. The van der Waals surface area contributed by atoms with E-state index in [1.54, 1.807) is 6.20 Å². The minimum absolute atomic E-state index is 0.0353. The number of hydrogen-bond acceptors (Lipinski definition) is 5. The van der Waals surface area contributed by atoms with Crippen molar-refractivity contribution in [3.05, 3.63) is 47.7 Å². The molecule has 1 unspecified atom stereocenters. The van der Waals surface area contributed by atoms with E-state index in [9.17, 15) is 18.0 Å². The number of carbonyl (C=O) groups excluding carboxylic acids is 1. The largest absolute Gasteiger partial charge is 0.466 e. The van der Waals surface area contributed by atoms with E-state index < -0.39 is 17.8 Å². The Labute approximate surface area is 143 Å². The summed E-state index contributed by atoms with van der Waals surface area (Å²) in [6, 6.07) is 3.43. The average Bonchev–Trinajstić information content (AvgIpc) is 2.60. The normalized spacial score (nSPS) is 12.4. The second-order valence-corrected chi connectivity index (χ2v) is 5.63. The van der Waals surface area contributed by atoms with E-state index in [4.69, 9.17) is 4.74 Å². The molecule has 2 rings (SSSR count). The van der Waals surface area contributed by atoms with Gasteiger partial charge in [-0.2, -0.15) is 0 Å². The van der Waals surface area contributed by atoms with Crippen LogP contribution in [-0.2, 0) is 16.1 Å². The van der Waals surface area contributed by atoms with E-state index in [-0.39, 0.29) is 12.6 Å². The zero-order chi connectivity index (χ0) is 18.4. The van der Waals surface area contributed by atoms with Gasteiger partial charge in [0.25, 0.3) is 12.9 Å². The summed E-state index contributed by atoms with van der Waals surface area (Å²) < 4.78 is 43.8. The molecule has 1 aromatic heterocycles. The molecule has 0 bridgehead atoms. The lowest BCUT2D eigenvalue weighted by molar-refractivity contribution is -0.130. The van der Waals surface area contributed by atoms with Crippen LogP contribution in [-0.4, -0.2) is 41.0 Å². The molecule has 1 atom stereocenters. The van der Waals surface area contributed by atoms with E-state index in [2.05, 4.69) is 9.97 Å². The number of likely N-dealkylation sites (N-methyl/N-ethyl adjacent to an activating group) is 1. The smallest absolute Gasteiger partial charge is 0.293 e. The third-order valence-corrected chi connectivity index (χ3v) is 3.78. The molecule has 0 N–H and O–H groups in total. The Balaban J connectivity index is 2.19. The summed E-state index contributed by atoms with van der Waals surface area (Å²) in [5, 5.41) is 0. The molecule has 134 valence electrons. The topological polar surface area (TPSA) is 55.3 Å². The monoisotopic (exact) mass is 353 g/mol. The number of rotatable bonds is 8. The molecule has 2 aromatic rings. The van der Waals surface area contributed by atoms with Crippen molar-refractivity contribution in [3.63, 3.8) is 0 Å². The zero-order valence-corrected chi connectivity index (χ0v) is 13.8. The first-order valence-corrected chi connectivity index (χ1v) is 7.56. The van der Waals surface area contributed by atoms with E-state index in [1.165, 1.54) is 12.3 Å². The highest BCUT2D eigenvalue weighted by Crippen LogP contribution is 2.27. The first kappa shape index (κ1) is 18.9. The summed E-state index contributed by atoms with van der Waals surface area (Å²) in [7, 11) is 1.83. The average molecular weight is 353 g/mol. The molecule has 25 heavy (non-hydrogen) atoms. The van der Waals surface area contributed by atoms with Crippen LogP contribution in [0.1, 0.15) is 24.6 Å². The van der Waals surface area contributed by atoms with Gasteiger partial charge in [-0.25, -0.2) is 18.2 Å². The van der Waals surface area contributed by atoms with Gasteiger partial charge in [0, 0.05) is 24.3 Å². The van der Waals surface area contributed by atoms with Crippen molar-refractivity contribution in [2.24, 2.45) is 0 Å². The summed E-state index contributed by atoms with van der Waals surface area (Å²) in [4.78, 5) is 20.6. The van der Waals surface area contributed by atoms with Gasteiger partial charge in [0.05, 0.1) is 23.1 Å². The molecule has 0 amide bonds. The van der Waals surface area contributed by atoms with E-state index in [0.717, 1.165) is 12.1 Å². The van der Waals surface area contributed by atoms with Crippen LogP contribution in [0.3, 0.4) is 0 Å². The van der Waals surface area contributed by atoms with Crippen molar-refractivity contribution < 1.29 is 22.7 Å². The lowest BCUT2D eigenvalue weighted by Crippen LogP contribution is -2.32. The molecule has 1 heterocycles. The number of ether oxygens (including phenoxy) is 1. The second kappa shape index (κ2) is 8.57. The van der Waals surface area contributed by atoms with Crippen molar-refractivity contribution in [2.45, 2.75) is 25.9 Å². The Morgan fingerprint density at radius 1 is 1.32 bits per heavy atom. The van der Waals surface area contributed by atoms with Gasteiger partial charge >= 0.3 is 0 Å². The number of halogens is 3. The van der Waals surface area contributed by atoms with Crippen LogP contribution in [0.5, 0.6) is 0 Å². The second-order valence-electron chi connectivity index (χ2n) is 5.63. The van der Waals surface area contributed by atoms with Crippen LogP contribution in [0.2, 0.25) is 0 Å². The van der Waals surface area contributed by atoms with Crippen molar-refractivity contribution >= 4 is 6.47 Å². The van der Waals surface area contributed by atoms with Crippen LogP contribution in [0, 0.1) is 5.82 Å². The molecular formula is C17H18F3N3O2. The van der Waals surface area contributed by atoms with Gasteiger partial charge in [-0.05, 0) is 32.2 Å². The minimum atomic E-state index is -2.90. The lowest BCUT2D eigenvalue weighted by Gasteiger charge is -2.23. The molecule has 1 aromatic carbocycles. The van der Waals surface area contributed by atoms with Crippen LogP contribution in [0.15, 0.2) is 30.6 Å². The third-order valence-electron chi connectivity index (χ3n) is 3.78. The molecular weight excluding hydrogens is 335 g/mol. The Morgan fingerprint density at radius 2 is 2.08 bits per heavy atom. The number of alkyl halides is 2. The van der Waals surface area contributed by atoms with Gasteiger partial charge < -0.3 is 4.74 Å². The van der Waals surface area contributed by atoms with Gasteiger partial charge in [0.15, 0.2) is 0 Å². The van der Waals surface area contributed by atoms with Gasteiger partial charge in [0.1, 0.15) is 12.4 Å². The van der Waals surface area contributed by atoms with Crippen LogP contribution >= 0.6 is 0 Å². The zero-order valence-electron chi connectivity index (χ0n) is 13.8. The van der Waals surface area contributed by atoms with Crippen molar-refractivity contribution in [1.82, 2.24) is 14.9 Å². The summed E-state index contributed by atoms with van der Waals surface area (Å²) in [5.74, 6) is -0.952. The van der Waals surface area contributed by atoms with Gasteiger partial charge in [-0.15, -0.1) is 0 Å². The summed E-state index contributed by atoms with van der Waals surface area (Å²) in [5.41, 5.74) is 0.693. The SMILES string of the molecule is CC(COC=O)N(C)Cc1cncc(-c2ccc(F)c(C(F)F)c2)n1. The number of hydrogen-bond donors (Lipinski definition) is 0. The fourth-order valence-corrected chi connectivity index (χ4v) is 2.21. The van der Waals surface area contributed by atoms with Crippen molar-refractivity contribution in [2.75, 3.05) is 13.7 Å². The van der Waals surface area contributed by atoms with Crippen LogP contribution in [0.4, 0.5) is 13.2 Å². The Morgan fingerprint density at radius 3 is 2.76 bits per heavy atom. The Kier molecular flexibility index (Phi) is 6.46. The molecule has 0 aliphatic rings. The highest BCUT2D eigenvalue weighted by Gasteiger charge is 2.16. The maximum absolute atomic E-state index is 13.4. The van der Waals surface area contributed by atoms with Gasteiger partial charge in [0.2, 0.25) is 0 Å². The van der Waals surface area contributed by atoms with Crippen molar-refractivity contribution in [3.8, 4) is 11.3 Å². The molecule has 0 fully saturated rings. The number of aromatic nitrogens is 2. The predicted octanol–water partition coefficient (Wildman–Crippen LogP) is 3.21. The van der Waals surface area contributed by atoms with E-state index in [1.807, 2.05) is 18.9 Å². The number of nitrogens with zero attached hydrogens (tertiary/aromatic N) is 3. The molecule has 0 aliphatic carbocycles. The molecule has 0 saturated carbocycles. The van der Waals surface area contributed by atoms with E-state index in [0.29, 0.717) is 30.0 Å².